The fourth-order valence-electron chi connectivity index (χ4n) is 3.92. The van der Waals surface area contributed by atoms with E-state index in [1.165, 1.54) is 0 Å². The van der Waals surface area contributed by atoms with Crippen molar-refractivity contribution in [3.63, 3.8) is 0 Å². The lowest BCUT2D eigenvalue weighted by molar-refractivity contribution is -0.134. The molecule has 2 aromatic rings. The van der Waals surface area contributed by atoms with Crippen LogP contribution in [0.2, 0.25) is 0 Å². The highest BCUT2D eigenvalue weighted by molar-refractivity contribution is 5.97. The molecule has 7 nitrogen and oxygen atoms in total. The van der Waals surface area contributed by atoms with Crippen molar-refractivity contribution in [1.29, 1.82) is 0 Å². The molecule has 1 unspecified atom stereocenters. The van der Waals surface area contributed by atoms with Crippen LogP contribution in [0.4, 0.5) is 0 Å². The molecule has 0 aliphatic carbocycles. The molecule has 1 aliphatic heterocycles. The van der Waals surface area contributed by atoms with E-state index in [0.29, 0.717) is 44.8 Å². The van der Waals surface area contributed by atoms with E-state index in [0.717, 1.165) is 11.1 Å². The third-order valence-corrected chi connectivity index (χ3v) is 6.11. The van der Waals surface area contributed by atoms with Gasteiger partial charge >= 0.3 is 0 Å². The zero-order valence-corrected chi connectivity index (χ0v) is 20.6. The summed E-state index contributed by atoms with van der Waals surface area (Å²) in [7, 11) is 0. The Bertz CT molecular complexity index is 975. The minimum absolute atomic E-state index is 0.0168. The lowest BCUT2D eigenvalue weighted by atomic mass is 9.86. The van der Waals surface area contributed by atoms with Gasteiger partial charge in [0.1, 0.15) is 6.04 Å². The van der Waals surface area contributed by atoms with Crippen LogP contribution in [0.25, 0.3) is 0 Å². The standard InChI is InChI=1S/C27H36N4O3/c1-20(29-25(33)22-10-12-23(13-11-22)27(2,3)4)26(34)31-16-14-30(15-17-31)19-24(32)28-18-21-8-6-5-7-9-21/h5-13,20H,14-19H2,1-4H3,(H,28,32)(H,29,33). The number of nitrogens with one attached hydrogen (secondary N) is 2. The van der Waals surface area contributed by atoms with Gasteiger partial charge in [0, 0.05) is 38.3 Å². The number of amides is 3. The summed E-state index contributed by atoms with van der Waals surface area (Å²) in [4.78, 5) is 41.5. The van der Waals surface area contributed by atoms with Crippen molar-refractivity contribution >= 4 is 17.7 Å². The Morgan fingerprint density at radius 3 is 2.12 bits per heavy atom. The summed E-state index contributed by atoms with van der Waals surface area (Å²) in [6, 6.07) is 16.7. The first-order valence-corrected chi connectivity index (χ1v) is 11.9. The van der Waals surface area contributed by atoms with Crippen molar-refractivity contribution < 1.29 is 14.4 Å². The molecule has 3 amide bonds. The molecule has 0 bridgehead atoms. The second kappa shape index (κ2) is 11.3. The first-order chi connectivity index (χ1) is 16.1. The molecule has 1 saturated heterocycles. The number of benzene rings is 2. The largest absolute Gasteiger partial charge is 0.351 e. The molecule has 2 aromatic carbocycles. The Morgan fingerprint density at radius 2 is 1.53 bits per heavy atom. The monoisotopic (exact) mass is 464 g/mol. The highest BCUT2D eigenvalue weighted by Gasteiger charge is 2.27. The predicted molar refractivity (Wildman–Crippen MR) is 133 cm³/mol. The fraction of sp³-hybridized carbons (Fsp3) is 0.444. The van der Waals surface area contributed by atoms with Gasteiger partial charge in [-0.2, -0.15) is 0 Å². The number of hydrogen-bond acceptors (Lipinski definition) is 4. The van der Waals surface area contributed by atoms with Crippen LogP contribution in [-0.4, -0.2) is 66.3 Å². The number of rotatable bonds is 7. The van der Waals surface area contributed by atoms with E-state index in [-0.39, 0.29) is 23.1 Å². The third-order valence-electron chi connectivity index (χ3n) is 6.11. The Kier molecular flexibility index (Phi) is 8.45. The van der Waals surface area contributed by atoms with Crippen LogP contribution in [-0.2, 0) is 21.5 Å². The normalized spacial score (nSPS) is 15.5. The maximum Gasteiger partial charge on any atom is 0.251 e. The van der Waals surface area contributed by atoms with Crippen LogP contribution >= 0.6 is 0 Å². The Morgan fingerprint density at radius 1 is 0.912 bits per heavy atom. The average Bonchev–Trinajstić information content (AvgIpc) is 2.83. The summed E-state index contributed by atoms with van der Waals surface area (Å²) in [5.74, 6) is -0.385. The minimum Gasteiger partial charge on any atom is -0.351 e. The molecule has 0 saturated carbocycles. The first-order valence-electron chi connectivity index (χ1n) is 11.9. The molecular formula is C27H36N4O3. The number of carbonyl (C=O) groups excluding carboxylic acids is 3. The molecule has 1 atom stereocenters. The lowest BCUT2D eigenvalue weighted by Gasteiger charge is -2.35. The van der Waals surface area contributed by atoms with E-state index in [4.69, 9.17) is 0 Å². The van der Waals surface area contributed by atoms with Gasteiger partial charge in [-0.3, -0.25) is 19.3 Å². The summed E-state index contributed by atoms with van der Waals surface area (Å²) < 4.78 is 0. The van der Waals surface area contributed by atoms with E-state index < -0.39 is 6.04 Å². The van der Waals surface area contributed by atoms with Gasteiger partial charge in [0.05, 0.1) is 6.54 Å². The lowest BCUT2D eigenvalue weighted by Crippen LogP contribution is -2.55. The van der Waals surface area contributed by atoms with Crippen LogP contribution < -0.4 is 10.6 Å². The number of nitrogens with zero attached hydrogens (tertiary/aromatic N) is 2. The van der Waals surface area contributed by atoms with Crippen LogP contribution in [0.15, 0.2) is 54.6 Å². The molecule has 3 rings (SSSR count). The van der Waals surface area contributed by atoms with Gasteiger partial charge in [0.15, 0.2) is 0 Å². The molecule has 34 heavy (non-hydrogen) atoms. The Labute approximate surface area is 202 Å². The Balaban J connectivity index is 1.41. The van der Waals surface area contributed by atoms with Crippen molar-refractivity contribution in [2.45, 2.75) is 45.7 Å². The molecular weight excluding hydrogens is 428 g/mol. The molecule has 7 heteroatoms. The highest BCUT2D eigenvalue weighted by atomic mass is 16.2. The van der Waals surface area contributed by atoms with E-state index in [9.17, 15) is 14.4 Å². The van der Waals surface area contributed by atoms with Gasteiger partial charge in [-0.25, -0.2) is 0 Å². The maximum absolute atomic E-state index is 12.9. The zero-order chi connectivity index (χ0) is 24.7. The van der Waals surface area contributed by atoms with Gasteiger partial charge in [-0.05, 0) is 35.6 Å². The summed E-state index contributed by atoms with van der Waals surface area (Å²) in [5.41, 5.74) is 2.77. The van der Waals surface area contributed by atoms with E-state index in [1.54, 1.807) is 24.0 Å². The number of piperazine rings is 1. The zero-order valence-electron chi connectivity index (χ0n) is 20.6. The summed E-state index contributed by atoms with van der Waals surface area (Å²) in [6.45, 7) is 11.2. The van der Waals surface area contributed by atoms with Crippen molar-refractivity contribution in [3.05, 3.63) is 71.3 Å². The van der Waals surface area contributed by atoms with Gasteiger partial charge in [0.25, 0.3) is 5.91 Å². The minimum atomic E-state index is -0.615. The second-order valence-electron chi connectivity index (χ2n) is 9.89. The second-order valence-corrected chi connectivity index (χ2v) is 9.89. The molecule has 1 heterocycles. The summed E-state index contributed by atoms with van der Waals surface area (Å²) >= 11 is 0. The van der Waals surface area contributed by atoms with Crippen LogP contribution in [0.3, 0.4) is 0 Å². The predicted octanol–water partition coefficient (Wildman–Crippen LogP) is 2.56. The Hall–Kier alpha value is -3.19. The molecule has 0 radical (unpaired) electrons. The van der Waals surface area contributed by atoms with E-state index in [1.807, 2.05) is 47.4 Å². The first kappa shape index (κ1) is 25.4. The molecule has 0 aromatic heterocycles. The van der Waals surface area contributed by atoms with Crippen LogP contribution in [0, 0.1) is 0 Å². The molecule has 2 N–H and O–H groups in total. The van der Waals surface area contributed by atoms with Crippen LogP contribution in [0.1, 0.15) is 49.2 Å². The quantitative estimate of drug-likeness (QED) is 0.660. The molecule has 0 spiro atoms. The fourth-order valence-corrected chi connectivity index (χ4v) is 3.92. The van der Waals surface area contributed by atoms with Crippen molar-refractivity contribution in [2.24, 2.45) is 0 Å². The SMILES string of the molecule is CC(NC(=O)c1ccc(C(C)(C)C)cc1)C(=O)N1CCN(CC(=O)NCc2ccccc2)CC1. The van der Waals surface area contributed by atoms with E-state index in [2.05, 4.69) is 31.4 Å². The van der Waals surface area contributed by atoms with Gasteiger partial charge in [0.2, 0.25) is 11.8 Å². The molecule has 1 fully saturated rings. The van der Waals surface area contributed by atoms with Crippen LogP contribution in [0.5, 0.6) is 0 Å². The van der Waals surface area contributed by atoms with Crippen molar-refractivity contribution in [1.82, 2.24) is 20.4 Å². The summed E-state index contributed by atoms with van der Waals surface area (Å²) in [5, 5.41) is 5.76. The summed E-state index contributed by atoms with van der Waals surface area (Å²) in [6.07, 6.45) is 0. The van der Waals surface area contributed by atoms with E-state index >= 15 is 0 Å². The topological polar surface area (TPSA) is 81.8 Å². The molecule has 1 aliphatic rings. The van der Waals surface area contributed by atoms with Gasteiger partial charge < -0.3 is 15.5 Å². The van der Waals surface area contributed by atoms with Gasteiger partial charge in [-0.15, -0.1) is 0 Å². The third kappa shape index (κ3) is 7.15. The van der Waals surface area contributed by atoms with Gasteiger partial charge in [-0.1, -0.05) is 63.2 Å². The number of carbonyl (C=O) groups is 3. The molecule has 182 valence electrons. The van der Waals surface area contributed by atoms with Crippen molar-refractivity contribution in [2.75, 3.05) is 32.7 Å². The average molecular weight is 465 g/mol. The highest BCUT2D eigenvalue weighted by Crippen LogP contribution is 2.22. The smallest absolute Gasteiger partial charge is 0.251 e. The number of hydrogen-bond donors (Lipinski definition) is 2. The van der Waals surface area contributed by atoms with Crippen molar-refractivity contribution in [3.8, 4) is 0 Å². The maximum atomic E-state index is 12.9.